The van der Waals surface area contributed by atoms with Gasteiger partial charge < -0.3 is 10.1 Å². The number of nitrogens with zero attached hydrogens (tertiary/aromatic N) is 1. The molecule has 0 aliphatic carbocycles. The van der Waals surface area contributed by atoms with E-state index in [4.69, 9.17) is 4.74 Å². The molecule has 1 aromatic carbocycles. The van der Waals surface area contributed by atoms with E-state index in [2.05, 4.69) is 15.0 Å². The summed E-state index contributed by atoms with van der Waals surface area (Å²) in [5.41, 5.74) is 0.314. The summed E-state index contributed by atoms with van der Waals surface area (Å²) in [7, 11) is -3.78. The van der Waals surface area contributed by atoms with Gasteiger partial charge in [-0.2, -0.15) is 0 Å². The Morgan fingerprint density at radius 1 is 1.40 bits per heavy atom. The highest BCUT2D eigenvalue weighted by Crippen LogP contribution is 2.25. The molecule has 1 aromatic rings. The van der Waals surface area contributed by atoms with Gasteiger partial charge in [-0.3, -0.25) is 4.99 Å². The highest BCUT2D eigenvalue weighted by molar-refractivity contribution is 7.90. The third kappa shape index (κ3) is 3.45. The summed E-state index contributed by atoms with van der Waals surface area (Å²) in [5.74, 6) is -0.464. The zero-order valence-corrected chi connectivity index (χ0v) is 11.8. The largest absolute Gasteiger partial charge is 0.382 e. The van der Waals surface area contributed by atoms with Crippen molar-refractivity contribution in [2.75, 3.05) is 25.1 Å². The number of guanidine groups is 1. The first-order chi connectivity index (χ1) is 9.53. The summed E-state index contributed by atoms with van der Waals surface area (Å²) < 4.78 is 44.4. The molecule has 0 amide bonds. The number of nitrogens with one attached hydrogen (secondary N) is 2. The van der Waals surface area contributed by atoms with Crippen molar-refractivity contribution in [2.45, 2.75) is 18.2 Å². The second kappa shape index (κ2) is 6.19. The number of benzene rings is 1. The Labute approximate surface area is 117 Å². The maximum absolute atomic E-state index is 13.1. The van der Waals surface area contributed by atoms with Crippen molar-refractivity contribution in [1.82, 2.24) is 4.72 Å². The summed E-state index contributed by atoms with van der Waals surface area (Å²) in [4.78, 5) is 3.99. The molecule has 1 heterocycles. The van der Waals surface area contributed by atoms with E-state index in [1.54, 1.807) is 0 Å². The molecule has 1 aliphatic heterocycles. The van der Waals surface area contributed by atoms with Gasteiger partial charge in [0.15, 0.2) is 0 Å². The van der Waals surface area contributed by atoms with Crippen molar-refractivity contribution in [2.24, 2.45) is 4.99 Å². The Kier molecular flexibility index (Phi) is 4.56. The van der Waals surface area contributed by atoms with Gasteiger partial charge in [0.05, 0.1) is 5.69 Å². The van der Waals surface area contributed by atoms with Crippen LogP contribution < -0.4 is 10.0 Å². The minimum atomic E-state index is -3.78. The van der Waals surface area contributed by atoms with Crippen molar-refractivity contribution in [3.05, 3.63) is 24.0 Å². The highest BCUT2D eigenvalue weighted by atomic mass is 32.2. The number of sulfonamides is 1. The van der Waals surface area contributed by atoms with Crippen LogP contribution in [0, 0.1) is 5.82 Å². The smallest absolute Gasteiger partial charge is 0.266 e. The molecule has 0 atom stereocenters. The average Bonchev–Trinajstić information content (AvgIpc) is 2.39. The van der Waals surface area contributed by atoms with Crippen molar-refractivity contribution in [3.8, 4) is 0 Å². The van der Waals surface area contributed by atoms with Gasteiger partial charge in [-0.05, 0) is 31.5 Å². The second-order valence-corrected chi connectivity index (χ2v) is 5.80. The minimum Gasteiger partial charge on any atom is -0.382 e. The summed E-state index contributed by atoms with van der Waals surface area (Å²) in [6.07, 6.45) is 0.691. The Bertz CT molecular complexity index is 616. The topological polar surface area (TPSA) is 79.8 Å². The first-order valence-electron chi connectivity index (χ1n) is 6.24. The van der Waals surface area contributed by atoms with Crippen LogP contribution in [0.3, 0.4) is 0 Å². The van der Waals surface area contributed by atoms with Crippen LogP contribution in [0.5, 0.6) is 0 Å². The fraction of sp³-hybridized carbons (Fsp3) is 0.417. The summed E-state index contributed by atoms with van der Waals surface area (Å²) >= 11 is 0. The molecule has 2 rings (SSSR count). The normalized spacial score (nSPS) is 18.2. The van der Waals surface area contributed by atoms with Crippen LogP contribution in [0.4, 0.5) is 10.1 Å². The third-order valence-electron chi connectivity index (χ3n) is 2.64. The number of anilines is 1. The zero-order valence-electron chi connectivity index (χ0n) is 11.0. The highest BCUT2D eigenvalue weighted by Gasteiger charge is 2.26. The van der Waals surface area contributed by atoms with Crippen LogP contribution >= 0.6 is 0 Å². The first kappa shape index (κ1) is 14.7. The van der Waals surface area contributed by atoms with E-state index >= 15 is 0 Å². The van der Waals surface area contributed by atoms with Crippen LogP contribution in [-0.2, 0) is 14.8 Å². The van der Waals surface area contributed by atoms with Crippen LogP contribution in [0.15, 0.2) is 28.1 Å². The van der Waals surface area contributed by atoms with E-state index in [0.29, 0.717) is 31.9 Å². The fourth-order valence-corrected chi connectivity index (χ4v) is 2.89. The molecule has 0 radical (unpaired) electrons. The molecule has 1 aliphatic rings. The number of ether oxygens (including phenoxy) is 1. The molecule has 0 fully saturated rings. The molecule has 20 heavy (non-hydrogen) atoms. The maximum atomic E-state index is 13.1. The van der Waals surface area contributed by atoms with E-state index < -0.39 is 15.8 Å². The van der Waals surface area contributed by atoms with E-state index in [-0.39, 0.29) is 10.9 Å². The fourth-order valence-electron chi connectivity index (χ4n) is 1.73. The number of hydrogen-bond acceptors (Lipinski definition) is 4. The van der Waals surface area contributed by atoms with E-state index in [0.717, 1.165) is 6.07 Å². The predicted octanol–water partition coefficient (Wildman–Crippen LogP) is 1.31. The molecule has 6 nitrogen and oxygen atoms in total. The summed E-state index contributed by atoms with van der Waals surface area (Å²) in [6.45, 7) is 3.54. The molecule has 0 bridgehead atoms. The lowest BCUT2D eigenvalue weighted by Crippen LogP contribution is -2.40. The van der Waals surface area contributed by atoms with Crippen molar-refractivity contribution < 1.29 is 17.5 Å². The van der Waals surface area contributed by atoms with E-state index in [9.17, 15) is 12.8 Å². The van der Waals surface area contributed by atoms with Crippen LogP contribution in [0.1, 0.15) is 13.3 Å². The molecular weight excluding hydrogens is 285 g/mol. The van der Waals surface area contributed by atoms with E-state index in [1.165, 1.54) is 12.1 Å². The van der Waals surface area contributed by atoms with Gasteiger partial charge in [0.1, 0.15) is 10.7 Å². The zero-order chi connectivity index (χ0) is 14.6. The molecule has 0 saturated heterocycles. The molecule has 0 saturated carbocycles. The number of hydrogen-bond donors (Lipinski definition) is 2. The van der Waals surface area contributed by atoms with Gasteiger partial charge in [0.2, 0.25) is 5.96 Å². The van der Waals surface area contributed by atoms with Gasteiger partial charge in [-0.25, -0.2) is 17.5 Å². The number of rotatable bonds is 5. The molecule has 2 N–H and O–H groups in total. The van der Waals surface area contributed by atoms with Crippen LogP contribution in [-0.4, -0.2) is 34.1 Å². The molecule has 0 spiro atoms. The van der Waals surface area contributed by atoms with Gasteiger partial charge in [0.25, 0.3) is 10.0 Å². The quantitative estimate of drug-likeness (QED) is 0.804. The van der Waals surface area contributed by atoms with E-state index in [1.807, 2.05) is 6.92 Å². The SMILES string of the molecule is CCOCCCN=C1Nc2ccc(F)cc2S(=O)(=O)N1. The molecule has 110 valence electrons. The lowest BCUT2D eigenvalue weighted by atomic mass is 10.3. The first-order valence-corrected chi connectivity index (χ1v) is 7.73. The molecule has 8 heteroatoms. The van der Waals surface area contributed by atoms with Gasteiger partial charge in [-0.15, -0.1) is 0 Å². The standard InChI is InChI=1S/C12H16FN3O3S/c1-2-19-7-3-6-14-12-15-10-5-4-9(13)8-11(10)20(17,18)16-12/h4-5,8H,2-3,6-7H2,1H3,(H2,14,15,16). The molecule has 0 aromatic heterocycles. The van der Waals surface area contributed by atoms with Gasteiger partial charge in [-0.1, -0.05) is 0 Å². The Morgan fingerprint density at radius 3 is 2.95 bits per heavy atom. The summed E-state index contributed by atoms with van der Waals surface area (Å²) in [6, 6.07) is 3.54. The minimum absolute atomic E-state index is 0.120. The van der Waals surface area contributed by atoms with Gasteiger partial charge in [0, 0.05) is 19.8 Å². The predicted molar refractivity (Wildman–Crippen MR) is 73.8 cm³/mol. The Hall–Kier alpha value is -1.67. The Morgan fingerprint density at radius 2 is 2.20 bits per heavy atom. The third-order valence-corrected chi connectivity index (χ3v) is 4.02. The van der Waals surface area contributed by atoms with Crippen molar-refractivity contribution in [3.63, 3.8) is 0 Å². The number of aliphatic imine (C=N–C) groups is 1. The number of fused-ring (bicyclic) bond motifs is 1. The lowest BCUT2D eigenvalue weighted by Gasteiger charge is -2.21. The second-order valence-electron chi connectivity index (χ2n) is 4.15. The van der Waals surface area contributed by atoms with Crippen molar-refractivity contribution in [1.29, 1.82) is 0 Å². The lowest BCUT2D eigenvalue weighted by molar-refractivity contribution is 0.146. The maximum Gasteiger partial charge on any atom is 0.266 e. The van der Waals surface area contributed by atoms with Gasteiger partial charge >= 0.3 is 0 Å². The van der Waals surface area contributed by atoms with Crippen LogP contribution in [0.2, 0.25) is 0 Å². The molecule has 0 unspecified atom stereocenters. The number of halogens is 1. The molecular formula is C12H16FN3O3S. The monoisotopic (exact) mass is 301 g/mol. The summed E-state index contributed by atoms with van der Waals surface area (Å²) in [5, 5.41) is 2.82. The van der Waals surface area contributed by atoms with Crippen LogP contribution in [0.25, 0.3) is 0 Å². The average molecular weight is 301 g/mol. The Balaban J connectivity index is 2.11. The van der Waals surface area contributed by atoms with Crippen molar-refractivity contribution >= 4 is 21.7 Å².